The average molecular weight is 493 g/mol. The van der Waals surface area contributed by atoms with Crippen LogP contribution in [-0.2, 0) is 33.6 Å². The molecule has 2 aliphatic carbocycles. The van der Waals surface area contributed by atoms with E-state index in [2.05, 4.69) is 27.8 Å². The van der Waals surface area contributed by atoms with Gasteiger partial charge in [-0.1, -0.05) is 12.1 Å². The lowest BCUT2D eigenvalue weighted by Crippen LogP contribution is -2.45. The van der Waals surface area contributed by atoms with Gasteiger partial charge in [0.15, 0.2) is 0 Å². The first kappa shape index (κ1) is 24.7. The fraction of sp³-hybridized carbons (Fsp3) is 0.571. The van der Waals surface area contributed by atoms with Gasteiger partial charge in [0.25, 0.3) is 0 Å². The summed E-state index contributed by atoms with van der Waals surface area (Å²) in [6.45, 7) is 1.34. The average Bonchev–Trinajstić information content (AvgIpc) is 3.65. The lowest BCUT2D eigenvalue weighted by Gasteiger charge is -2.35. The molecule has 192 valence electrons. The summed E-state index contributed by atoms with van der Waals surface area (Å²) >= 11 is 0. The summed E-state index contributed by atoms with van der Waals surface area (Å²) in [4.78, 5) is 33.5. The van der Waals surface area contributed by atoms with Crippen molar-refractivity contribution < 1.29 is 19.4 Å². The van der Waals surface area contributed by atoms with E-state index >= 15 is 0 Å². The number of fused-ring (bicyclic) bond motifs is 1. The number of carbonyl (C=O) groups is 2. The fourth-order valence-electron chi connectivity index (χ4n) is 5.36. The Kier molecular flexibility index (Phi) is 7.51. The van der Waals surface area contributed by atoms with Crippen LogP contribution in [0.5, 0.6) is 0 Å². The number of aromatic nitrogens is 2. The van der Waals surface area contributed by atoms with E-state index in [4.69, 9.17) is 9.72 Å². The molecule has 0 radical (unpaired) electrons. The van der Waals surface area contributed by atoms with Gasteiger partial charge in [-0.15, -0.1) is 0 Å². The Morgan fingerprint density at radius 2 is 2.11 bits per heavy atom. The molecule has 2 aromatic rings. The van der Waals surface area contributed by atoms with Gasteiger partial charge in [0.1, 0.15) is 11.9 Å². The highest BCUT2D eigenvalue weighted by Gasteiger charge is 2.50. The van der Waals surface area contributed by atoms with Gasteiger partial charge in [-0.3, -0.25) is 9.78 Å². The third-order valence-electron chi connectivity index (χ3n) is 7.92. The number of carbonyl (C=O) groups excluding carboxylic acids is 1. The van der Waals surface area contributed by atoms with E-state index in [1.807, 2.05) is 12.1 Å². The van der Waals surface area contributed by atoms with Gasteiger partial charge in [-0.2, -0.15) is 0 Å². The van der Waals surface area contributed by atoms with Crippen LogP contribution < -0.4 is 10.6 Å². The number of nitrogens with one attached hydrogen (secondary N) is 2. The third-order valence-corrected chi connectivity index (χ3v) is 7.92. The highest BCUT2D eigenvalue weighted by molar-refractivity contribution is 5.89. The van der Waals surface area contributed by atoms with Gasteiger partial charge in [-0.25, -0.2) is 9.78 Å². The van der Waals surface area contributed by atoms with E-state index < -0.39 is 17.4 Å². The number of hydrogen-bond donors (Lipinski definition) is 3. The molecule has 3 aliphatic rings. The standard InChI is InChI=1S/C28H36N4O4/c33-26(34)24(32-27(35)28(10-11-28)17-20-3-1-12-29-18-20)9-14-36-23-15-19(16-23)5-7-22-8-6-21-4-2-13-30-25(21)31-22/h1,3,6,8,12,18-19,23-24H,2,4-5,7,9-11,13-17H2,(H,30,31)(H,32,35)(H,33,34)/t19?,23?,24-/m0/s1. The molecule has 3 N–H and O–H groups in total. The van der Waals surface area contributed by atoms with Crippen LogP contribution >= 0.6 is 0 Å². The molecule has 2 saturated carbocycles. The maximum Gasteiger partial charge on any atom is 0.326 e. The summed E-state index contributed by atoms with van der Waals surface area (Å²) in [5, 5.41) is 15.8. The molecule has 1 atom stereocenters. The first-order valence-electron chi connectivity index (χ1n) is 13.3. The second kappa shape index (κ2) is 10.9. The first-order valence-corrected chi connectivity index (χ1v) is 13.3. The second-order valence-electron chi connectivity index (χ2n) is 10.7. The van der Waals surface area contributed by atoms with Crippen molar-refractivity contribution in [1.29, 1.82) is 0 Å². The van der Waals surface area contributed by atoms with Crippen LogP contribution in [0.15, 0.2) is 36.7 Å². The number of anilines is 1. The molecule has 1 aliphatic heterocycles. The van der Waals surface area contributed by atoms with Crippen molar-refractivity contribution in [1.82, 2.24) is 15.3 Å². The molecule has 0 unspecified atom stereocenters. The fourth-order valence-corrected chi connectivity index (χ4v) is 5.36. The van der Waals surface area contributed by atoms with E-state index in [0.717, 1.165) is 68.6 Å². The summed E-state index contributed by atoms with van der Waals surface area (Å²) in [7, 11) is 0. The van der Waals surface area contributed by atoms with Crippen LogP contribution in [0.3, 0.4) is 0 Å². The minimum absolute atomic E-state index is 0.173. The Morgan fingerprint density at radius 3 is 2.86 bits per heavy atom. The van der Waals surface area contributed by atoms with Crippen LogP contribution in [0, 0.1) is 11.3 Å². The van der Waals surface area contributed by atoms with Gasteiger partial charge in [0.05, 0.1) is 11.5 Å². The maximum absolute atomic E-state index is 12.9. The molecule has 8 nitrogen and oxygen atoms in total. The molecular formula is C28H36N4O4. The van der Waals surface area contributed by atoms with Gasteiger partial charge < -0.3 is 20.5 Å². The van der Waals surface area contributed by atoms with E-state index in [1.165, 1.54) is 12.0 Å². The third kappa shape index (κ3) is 6.03. The number of carboxylic acid groups (broad SMARTS) is 1. The van der Waals surface area contributed by atoms with E-state index in [9.17, 15) is 14.7 Å². The van der Waals surface area contributed by atoms with E-state index in [-0.39, 0.29) is 18.4 Å². The smallest absolute Gasteiger partial charge is 0.326 e. The topological polar surface area (TPSA) is 113 Å². The monoisotopic (exact) mass is 492 g/mol. The van der Waals surface area contributed by atoms with Crippen molar-refractivity contribution in [2.75, 3.05) is 18.5 Å². The number of nitrogens with zero attached hydrogens (tertiary/aromatic N) is 2. The van der Waals surface area contributed by atoms with Crippen molar-refractivity contribution in [2.24, 2.45) is 11.3 Å². The number of amides is 1. The molecule has 2 aromatic heterocycles. The predicted octanol–water partition coefficient (Wildman–Crippen LogP) is 3.54. The van der Waals surface area contributed by atoms with Crippen molar-refractivity contribution in [2.45, 2.75) is 76.4 Å². The van der Waals surface area contributed by atoms with Crippen molar-refractivity contribution in [3.63, 3.8) is 0 Å². The summed E-state index contributed by atoms with van der Waals surface area (Å²) in [5.74, 6) is 0.493. The number of aryl methyl sites for hydroxylation is 2. The highest BCUT2D eigenvalue weighted by Crippen LogP contribution is 2.48. The van der Waals surface area contributed by atoms with Gasteiger partial charge >= 0.3 is 5.97 Å². The Morgan fingerprint density at radius 1 is 1.25 bits per heavy atom. The molecule has 1 amide bonds. The van der Waals surface area contributed by atoms with Crippen LogP contribution in [0.2, 0.25) is 0 Å². The summed E-state index contributed by atoms with van der Waals surface area (Å²) < 4.78 is 5.95. The van der Waals surface area contributed by atoms with E-state index in [0.29, 0.717) is 18.9 Å². The maximum atomic E-state index is 12.9. The van der Waals surface area contributed by atoms with Gasteiger partial charge in [-0.05, 0) is 87.0 Å². The minimum Gasteiger partial charge on any atom is -0.480 e. The number of aliphatic carboxylic acids is 1. The van der Waals surface area contributed by atoms with E-state index in [1.54, 1.807) is 12.4 Å². The molecule has 2 fully saturated rings. The number of hydrogen-bond acceptors (Lipinski definition) is 6. The molecular weight excluding hydrogens is 456 g/mol. The Bertz CT molecular complexity index is 1070. The zero-order valence-corrected chi connectivity index (χ0v) is 20.7. The summed E-state index contributed by atoms with van der Waals surface area (Å²) in [6.07, 6.45) is 12.4. The van der Waals surface area contributed by atoms with Crippen LogP contribution in [0.1, 0.15) is 61.8 Å². The lowest BCUT2D eigenvalue weighted by molar-refractivity contribution is -0.143. The van der Waals surface area contributed by atoms with Gasteiger partial charge in [0.2, 0.25) is 5.91 Å². The molecule has 0 bridgehead atoms. The first-order chi connectivity index (χ1) is 17.5. The highest BCUT2D eigenvalue weighted by atomic mass is 16.5. The molecule has 8 heteroatoms. The minimum atomic E-state index is -1.01. The predicted molar refractivity (Wildman–Crippen MR) is 136 cm³/mol. The van der Waals surface area contributed by atoms with Crippen molar-refractivity contribution >= 4 is 17.7 Å². The molecule has 5 rings (SSSR count). The Hall–Kier alpha value is -3.00. The number of carboxylic acids is 1. The van der Waals surface area contributed by atoms with Crippen molar-refractivity contribution in [3.05, 3.63) is 53.5 Å². The number of ether oxygens (including phenoxy) is 1. The number of rotatable bonds is 12. The molecule has 0 spiro atoms. The molecule has 36 heavy (non-hydrogen) atoms. The van der Waals surface area contributed by atoms with Crippen LogP contribution in [0.25, 0.3) is 0 Å². The van der Waals surface area contributed by atoms with Crippen molar-refractivity contribution in [3.8, 4) is 0 Å². The van der Waals surface area contributed by atoms with Gasteiger partial charge in [0, 0.05) is 37.7 Å². The Labute approximate surface area is 212 Å². The quantitative estimate of drug-likeness (QED) is 0.415. The number of pyridine rings is 2. The molecule has 0 aromatic carbocycles. The summed E-state index contributed by atoms with van der Waals surface area (Å²) in [6, 6.07) is 7.24. The SMILES string of the molecule is O=C(O)[C@H](CCOC1CC(CCc2ccc3c(n2)NCCC3)C1)NC(=O)C1(Cc2cccnc2)CC1. The Balaban J connectivity index is 1.00. The zero-order chi connectivity index (χ0) is 25.0. The van der Waals surface area contributed by atoms with Crippen LogP contribution in [-0.4, -0.2) is 52.2 Å². The molecule has 3 heterocycles. The van der Waals surface area contributed by atoms with Crippen LogP contribution in [0.4, 0.5) is 5.82 Å². The summed E-state index contributed by atoms with van der Waals surface area (Å²) in [5.41, 5.74) is 2.96. The molecule has 0 saturated heterocycles. The zero-order valence-electron chi connectivity index (χ0n) is 20.7. The largest absolute Gasteiger partial charge is 0.480 e. The second-order valence-corrected chi connectivity index (χ2v) is 10.7. The lowest BCUT2D eigenvalue weighted by atomic mass is 9.79. The normalized spacial score (nSPS) is 22.4.